The second-order valence-electron chi connectivity index (χ2n) is 6.07. The molecule has 1 heterocycles. The van der Waals surface area contributed by atoms with Crippen molar-refractivity contribution in [3.05, 3.63) is 29.8 Å². The van der Waals surface area contributed by atoms with E-state index >= 15 is 0 Å². The average Bonchev–Trinajstić information content (AvgIpc) is 2.86. The van der Waals surface area contributed by atoms with Gasteiger partial charge in [-0.05, 0) is 31.5 Å². The minimum absolute atomic E-state index is 0.0401. The third-order valence-corrected chi connectivity index (χ3v) is 4.19. The smallest absolute Gasteiger partial charge is 0.227 e. The quantitative estimate of drug-likeness (QED) is 0.835. The number of benzene rings is 1. The molecule has 1 aromatic carbocycles. The van der Waals surface area contributed by atoms with E-state index in [1.165, 1.54) is 0 Å². The first-order valence-electron chi connectivity index (χ1n) is 7.59. The Morgan fingerprint density at radius 1 is 1.45 bits per heavy atom. The number of carbonyl (C=O) groups is 2. The van der Waals surface area contributed by atoms with Crippen LogP contribution in [0.1, 0.15) is 25.8 Å². The molecule has 0 N–H and O–H groups in total. The van der Waals surface area contributed by atoms with Gasteiger partial charge in [-0.3, -0.25) is 9.59 Å². The van der Waals surface area contributed by atoms with Crippen molar-refractivity contribution in [2.45, 2.75) is 32.9 Å². The second-order valence-corrected chi connectivity index (χ2v) is 6.07. The molecule has 5 heteroatoms. The molecule has 0 saturated carbocycles. The Hall–Kier alpha value is -2.04. The van der Waals surface area contributed by atoms with Gasteiger partial charge in [-0.1, -0.05) is 12.1 Å². The minimum Gasteiger partial charge on any atom is -0.497 e. The van der Waals surface area contributed by atoms with Gasteiger partial charge >= 0.3 is 0 Å². The fraction of sp³-hybridized carbons (Fsp3) is 0.529. The summed E-state index contributed by atoms with van der Waals surface area (Å²) in [6, 6.07) is 7.81. The molecular weight excluding hydrogens is 280 g/mol. The number of likely N-dealkylation sites (tertiary alicyclic amines) is 1. The van der Waals surface area contributed by atoms with Gasteiger partial charge in [0.1, 0.15) is 5.75 Å². The van der Waals surface area contributed by atoms with Crippen LogP contribution < -0.4 is 4.74 Å². The topological polar surface area (TPSA) is 49.9 Å². The summed E-state index contributed by atoms with van der Waals surface area (Å²) >= 11 is 0. The van der Waals surface area contributed by atoms with Gasteiger partial charge in [0.15, 0.2) is 0 Å². The van der Waals surface area contributed by atoms with Crippen molar-refractivity contribution < 1.29 is 14.3 Å². The lowest BCUT2D eigenvalue weighted by molar-refractivity contribution is -0.136. The summed E-state index contributed by atoms with van der Waals surface area (Å²) in [6.45, 7) is 4.96. The molecule has 120 valence electrons. The number of methoxy groups -OCH3 is 1. The number of amides is 2. The Kier molecular flexibility index (Phi) is 5.06. The zero-order chi connectivity index (χ0) is 16.3. The number of hydrogen-bond donors (Lipinski definition) is 0. The van der Waals surface area contributed by atoms with Crippen LogP contribution in [0.2, 0.25) is 0 Å². The molecule has 5 nitrogen and oxygen atoms in total. The highest BCUT2D eigenvalue weighted by molar-refractivity contribution is 5.89. The standard InChI is InChI=1S/C17H24N2O3/c1-12(2)18(3)17(21)14-9-16(20)19(11-14)10-13-6-5-7-15(8-13)22-4/h5-8,12,14H,9-11H2,1-4H3/t14-/m0/s1. The van der Waals surface area contributed by atoms with Gasteiger partial charge in [-0.25, -0.2) is 0 Å². The Labute approximate surface area is 131 Å². The lowest BCUT2D eigenvalue weighted by Gasteiger charge is -2.24. The first-order chi connectivity index (χ1) is 10.4. The van der Waals surface area contributed by atoms with Crippen molar-refractivity contribution in [1.29, 1.82) is 0 Å². The van der Waals surface area contributed by atoms with Crippen LogP contribution in [0.3, 0.4) is 0 Å². The van der Waals surface area contributed by atoms with Gasteiger partial charge in [0.05, 0.1) is 13.0 Å². The Morgan fingerprint density at radius 2 is 2.18 bits per heavy atom. The van der Waals surface area contributed by atoms with E-state index < -0.39 is 0 Å². The lowest BCUT2D eigenvalue weighted by atomic mass is 10.1. The minimum atomic E-state index is -0.231. The third-order valence-electron chi connectivity index (χ3n) is 4.19. The molecule has 1 aliphatic heterocycles. The summed E-state index contributed by atoms with van der Waals surface area (Å²) in [7, 11) is 3.42. The fourth-order valence-electron chi connectivity index (χ4n) is 2.62. The molecule has 1 aromatic rings. The van der Waals surface area contributed by atoms with Crippen molar-refractivity contribution in [3.63, 3.8) is 0 Å². The van der Waals surface area contributed by atoms with E-state index in [2.05, 4.69) is 0 Å². The summed E-state index contributed by atoms with van der Waals surface area (Å²) in [5.74, 6) is 0.636. The van der Waals surface area contributed by atoms with Crippen molar-refractivity contribution in [3.8, 4) is 5.75 Å². The molecule has 2 amide bonds. The molecule has 0 bridgehead atoms. The van der Waals surface area contributed by atoms with E-state index in [-0.39, 0.29) is 23.8 Å². The predicted molar refractivity (Wildman–Crippen MR) is 84.4 cm³/mol. The molecule has 1 aliphatic rings. The first-order valence-corrected chi connectivity index (χ1v) is 7.59. The van der Waals surface area contributed by atoms with Crippen molar-refractivity contribution in [2.24, 2.45) is 5.92 Å². The van der Waals surface area contributed by atoms with Gasteiger partial charge in [0, 0.05) is 32.6 Å². The lowest BCUT2D eigenvalue weighted by Crippen LogP contribution is -2.38. The Morgan fingerprint density at radius 3 is 2.82 bits per heavy atom. The molecule has 1 saturated heterocycles. The molecule has 22 heavy (non-hydrogen) atoms. The molecule has 1 fully saturated rings. The van der Waals surface area contributed by atoms with Crippen molar-refractivity contribution in [1.82, 2.24) is 9.80 Å². The van der Waals surface area contributed by atoms with Crippen LogP contribution >= 0.6 is 0 Å². The number of nitrogens with zero attached hydrogens (tertiary/aromatic N) is 2. The van der Waals surface area contributed by atoms with Crippen LogP contribution in [-0.4, -0.2) is 48.4 Å². The molecule has 2 rings (SSSR count). The molecule has 0 unspecified atom stereocenters. The maximum Gasteiger partial charge on any atom is 0.227 e. The van der Waals surface area contributed by atoms with E-state index in [1.54, 1.807) is 24.0 Å². The van der Waals surface area contributed by atoms with Crippen LogP contribution in [0.4, 0.5) is 0 Å². The summed E-state index contributed by atoms with van der Waals surface area (Å²) in [5.41, 5.74) is 1.01. The highest BCUT2D eigenvalue weighted by Gasteiger charge is 2.36. The highest BCUT2D eigenvalue weighted by atomic mass is 16.5. The first kappa shape index (κ1) is 16.3. The second kappa shape index (κ2) is 6.81. The van der Waals surface area contributed by atoms with Crippen molar-refractivity contribution in [2.75, 3.05) is 20.7 Å². The zero-order valence-electron chi connectivity index (χ0n) is 13.7. The van der Waals surface area contributed by atoms with Gasteiger partial charge in [-0.15, -0.1) is 0 Å². The van der Waals surface area contributed by atoms with Gasteiger partial charge in [0.2, 0.25) is 11.8 Å². The average molecular weight is 304 g/mol. The van der Waals surface area contributed by atoms with Crippen LogP contribution in [-0.2, 0) is 16.1 Å². The predicted octanol–water partition coefficient (Wildman–Crippen LogP) is 1.91. The largest absolute Gasteiger partial charge is 0.497 e. The third kappa shape index (κ3) is 3.59. The number of rotatable bonds is 5. The van der Waals surface area contributed by atoms with Crippen LogP contribution in [0.15, 0.2) is 24.3 Å². The van der Waals surface area contributed by atoms with Crippen LogP contribution in [0.5, 0.6) is 5.75 Å². The maximum absolute atomic E-state index is 12.4. The summed E-state index contributed by atoms with van der Waals surface area (Å²) < 4.78 is 5.20. The normalized spacial score (nSPS) is 18.0. The Bertz CT molecular complexity index is 557. The molecule has 0 aliphatic carbocycles. The molecule has 0 aromatic heterocycles. The molecule has 0 spiro atoms. The van der Waals surface area contributed by atoms with Gasteiger partial charge in [0.25, 0.3) is 0 Å². The SMILES string of the molecule is COc1cccc(CN2C[C@@H](C(=O)N(C)C(C)C)CC2=O)c1. The zero-order valence-corrected chi connectivity index (χ0v) is 13.7. The summed E-state index contributed by atoms with van der Waals surface area (Å²) in [5, 5.41) is 0. The van der Waals surface area contributed by atoms with E-state index in [9.17, 15) is 9.59 Å². The van der Waals surface area contributed by atoms with E-state index in [1.807, 2.05) is 38.1 Å². The Balaban J connectivity index is 2.02. The van der Waals surface area contributed by atoms with Gasteiger partial charge < -0.3 is 14.5 Å². The monoisotopic (exact) mass is 304 g/mol. The van der Waals surface area contributed by atoms with Crippen molar-refractivity contribution >= 4 is 11.8 Å². The number of ether oxygens (including phenoxy) is 1. The molecule has 1 atom stereocenters. The maximum atomic E-state index is 12.4. The summed E-state index contributed by atoms with van der Waals surface area (Å²) in [4.78, 5) is 28.0. The summed E-state index contributed by atoms with van der Waals surface area (Å²) in [6.07, 6.45) is 0.305. The number of carbonyl (C=O) groups excluding carboxylic acids is 2. The van der Waals surface area contributed by atoms with E-state index in [4.69, 9.17) is 4.74 Å². The van der Waals surface area contributed by atoms with E-state index in [0.29, 0.717) is 19.5 Å². The molecule has 0 radical (unpaired) electrons. The fourth-order valence-corrected chi connectivity index (χ4v) is 2.62. The van der Waals surface area contributed by atoms with Crippen LogP contribution in [0, 0.1) is 5.92 Å². The van der Waals surface area contributed by atoms with Crippen LogP contribution in [0.25, 0.3) is 0 Å². The molecular formula is C17H24N2O3. The number of hydrogen-bond acceptors (Lipinski definition) is 3. The van der Waals surface area contributed by atoms with Gasteiger partial charge in [-0.2, -0.15) is 0 Å². The van der Waals surface area contributed by atoms with E-state index in [0.717, 1.165) is 11.3 Å². The highest BCUT2D eigenvalue weighted by Crippen LogP contribution is 2.23.